The summed E-state index contributed by atoms with van der Waals surface area (Å²) in [5, 5.41) is 9.18. The molecule has 1 aliphatic carbocycles. The summed E-state index contributed by atoms with van der Waals surface area (Å²) in [6, 6.07) is 5.75. The number of aliphatic hydroxyl groups excluding tert-OH is 1. The van der Waals surface area contributed by atoms with E-state index in [1.165, 1.54) is 12.8 Å². The van der Waals surface area contributed by atoms with Crippen LogP contribution in [0.4, 0.5) is 0 Å². The Hall–Kier alpha value is -1.06. The molecule has 3 nitrogen and oxygen atoms in total. The monoisotopic (exact) mass is 222 g/mol. The number of hydrogen-bond acceptors (Lipinski definition) is 3. The van der Waals surface area contributed by atoms with Crippen LogP contribution < -0.4 is 4.74 Å². The van der Waals surface area contributed by atoms with Crippen molar-refractivity contribution >= 4 is 0 Å². The molecule has 16 heavy (non-hydrogen) atoms. The molecule has 1 N–H and O–H groups in total. The van der Waals surface area contributed by atoms with Crippen molar-refractivity contribution in [2.24, 2.45) is 5.92 Å². The van der Waals surface area contributed by atoms with Crippen LogP contribution in [0.1, 0.15) is 24.0 Å². The van der Waals surface area contributed by atoms with Crippen LogP contribution in [0, 0.1) is 12.8 Å². The first kappa shape index (κ1) is 11.4. The predicted molar refractivity (Wildman–Crippen MR) is 61.3 cm³/mol. The van der Waals surface area contributed by atoms with Gasteiger partial charge < -0.3 is 14.6 Å². The van der Waals surface area contributed by atoms with E-state index in [4.69, 9.17) is 9.47 Å². The summed E-state index contributed by atoms with van der Waals surface area (Å²) >= 11 is 0. The molecule has 0 heterocycles. The Morgan fingerprint density at radius 2 is 2.19 bits per heavy atom. The van der Waals surface area contributed by atoms with Gasteiger partial charge in [0.05, 0.1) is 13.2 Å². The number of hydrogen-bond donors (Lipinski definition) is 1. The summed E-state index contributed by atoms with van der Waals surface area (Å²) in [4.78, 5) is 0. The predicted octanol–water partition coefficient (Wildman–Crippen LogP) is 2.25. The highest BCUT2D eigenvalue weighted by Crippen LogP contribution is 2.29. The molecule has 0 amide bonds. The third-order valence-electron chi connectivity index (χ3n) is 2.80. The highest BCUT2D eigenvalue weighted by Gasteiger charge is 2.21. The van der Waals surface area contributed by atoms with E-state index < -0.39 is 0 Å². The number of rotatable bonds is 6. The number of ether oxygens (including phenoxy) is 2. The highest BCUT2D eigenvalue weighted by atomic mass is 16.7. The van der Waals surface area contributed by atoms with Gasteiger partial charge in [0.2, 0.25) is 0 Å². The maximum atomic E-state index is 9.18. The molecule has 0 atom stereocenters. The number of aryl methyl sites for hydroxylation is 1. The molecule has 0 aliphatic heterocycles. The van der Waals surface area contributed by atoms with E-state index in [0.29, 0.717) is 0 Å². The Morgan fingerprint density at radius 1 is 1.38 bits per heavy atom. The highest BCUT2D eigenvalue weighted by molar-refractivity contribution is 5.40. The van der Waals surface area contributed by atoms with E-state index in [-0.39, 0.29) is 13.4 Å². The number of aliphatic hydroxyl groups is 1. The number of para-hydroxylation sites is 1. The van der Waals surface area contributed by atoms with Gasteiger partial charge in [-0.3, -0.25) is 0 Å². The zero-order valence-electron chi connectivity index (χ0n) is 9.61. The summed E-state index contributed by atoms with van der Waals surface area (Å²) in [6.07, 6.45) is 2.57. The van der Waals surface area contributed by atoms with E-state index in [2.05, 4.69) is 0 Å². The van der Waals surface area contributed by atoms with Gasteiger partial charge in [-0.05, 0) is 31.2 Å². The van der Waals surface area contributed by atoms with E-state index in [1.54, 1.807) is 0 Å². The molecule has 0 unspecified atom stereocenters. The largest absolute Gasteiger partial charge is 0.467 e. The molecule has 1 saturated carbocycles. The van der Waals surface area contributed by atoms with Crippen molar-refractivity contribution in [3.63, 3.8) is 0 Å². The molecule has 0 bridgehead atoms. The van der Waals surface area contributed by atoms with Crippen LogP contribution in [0.3, 0.4) is 0 Å². The van der Waals surface area contributed by atoms with Crippen LogP contribution in [-0.2, 0) is 11.3 Å². The van der Waals surface area contributed by atoms with Gasteiger partial charge in [-0.2, -0.15) is 0 Å². The molecule has 1 aromatic carbocycles. The fourth-order valence-corrected chi connectivity index (χ4v) is 1.64. The van der Waals surface area contributed by atoms with Crippen LogP contribution in [0.25, 0.3) is 0 Å². The molecule has 88 valence electrons. The zero-order valence-corrected chi connectivity index (χ0v) is 9.61. The molecular weight excluding hydrogens is 204 g/mol. The fraction of sp³-hybridized carbons (Fsp3) is 0.538. The molecule has 2 rings (SSSR count). The van der Waals surface area contributed by atoms with Crippen molar-refractivity contribution < 1.29 is 14.6 Å². The first-order valence-electron chi connectivity index (χ1n) is 5.71. The minimum Gasteiger partial charge on any atom is -0.467 e. The van der Waals surface area contributed by atoms with Crippen LogP contribution in [0.2, 0.25) is 0 Å². The van der Waals surface area contributed by atoms with Crippen LogP contribution in [0.5, 0.6) is 5.75 Å². The van der Waals surface area contributed by atoms with Crippen molar-refractivity contribution in [2.75, 3.05) is 13.4 Å². The molecule has 0 aromatic heterocycles. The lowest BCUT2D eigenvalue weighted by molar-refractivity contribution is 0.00853. The topological polar surface area (TPSA) is 38.7 Å². The molecular formula is C13H18O3. The normalized spacial score (nSPS) is 15.1. The summed E-state index contributed by atoms with van der Waals surface area (Å²) < 4.78 is 11.0. The quantitative estimate of drug-likeness (QED) is 0.592. The first-order valence-corrected chi connectivity index (χ1v) is 5.71. The van der Waals surface area contributed by atoms with Crippen LogP contribution in [-0.4, -0.2) is 18.5 Å². The van der Waals surface area contributed by atoms with Gasteiger partial charge in [0.25, 0.3) is 0 Å². The molecule has 1 fully saturated rings. The van der Waals surface area contributed by atoms with Gasteiger partial charge in [0, 0.05) is 5.56 Å². The second-order valence-corrected chi connectivity index (χ2v) is 4.30. The molecule has 1 aromatic rings. The van der Waals surface area contributed by atoms with E-state index in [9.17, 15) is 5.11 Å². The van der Waals surface area contributed by atoms with Gasteiger partial charge in [0.1, 0.15) is 5.75 Å². The van der Waals surface area contributed by atoms with Gasteiger partial charge in [-0.15, -0.1) is 0 Å². The van der Waals surface area contributed by atoms with E-state index >= 15 is 0 Å². The molecule has 0 spiro atoms. The van der Waals surface area contributed by atoms with Gasteiger partial charge in [0.15, 0.2) is 6.79 Å². The van der Waals surface area contributed by atoms with E-state index in [1.807, 2.05) is 25.1 Å². The van der Waals surface area contributed by atoms with Gasteiger partial charge in [-0.25, -0.2) is 0 Å². The standard InChI is InChI=1S/C13H18O3/c1-10-3-2-4-12(7-14)13(10)16-9-15-8-11-5-6-11/h2-4,11,14H,5-9H2,1H3. The summed E-state index contributed by atoms with van der Waals surface area (Å²) in [6.45, 7) is 3.03. The lowest BCUT2D eigenvalue weighted by Crippen LogP contribution is -2.07. The van der Waals surface area contributed by atoms with Crippen molar-refractivity contribution in [1.82, 2.24) is 0 Å². The van der Waals surface area contributed by atoms with Crippen LogP contribution in [0.15, 0.2) is 18.2 Å². The molecule has 0 saturated heterocycles. The number of benzene rings is 1. The molecule has 3 heteroatoms. The Labute approximate surface area is 96.0 Å². The second kappa shape index (κ2) is 5.32. The average molecular weight is 222 g/mol. The van der Waals surface area contributed by atoms with E-state index in [0.717, 1.165) is 29.4 Å². The maximum absolute atomic E-state index is 9.18. The summed E-state index contributed by atoms with van der Waals surface area (Å²) in [7, 11) is 0. The second-order valence-electron chi connectivity index (χ2n) is 4.30. The fourth-order valence-electron chi connectivity index (χ4n) is 1.64. The average Bonchev–Trinajstić information content (AvgIpc) is 3.09. The summed E-state index contributed by atoms with van der Waals surface area (Å²) in [5.41, 5.74) is 1.84. The minimum atomic E-state index is -0.000359. The minimum absolute atomic E-state index is 0.000359. The first-order chi connectivity index (χ1) is 7.81. The Kier molecular flexibility index (Phi) is 3.80. The molecule has 1 aliphatic rings. The smallest absolute Gasteiger partial charge is 0.189 e. The third kappa shape index (κ3) is 2.97. The Morgan fingerprint density at radius 3 is 2.88 bits per heavy atom. The zero-order chi connectivity index (χ0) is 11.4. The third-order valence-corrected chi connectivity index (χ3v) is 2.80. The maximum Gasteiger partial charge on any atom is 0.189 e. The Balaban J connectivity index is 1.86. The van der Waals surface area contributed by atoms with Crippen molar-refractivity contribution in [3.05, 3.63) is 29.3 Å². The van der Waals surface area contributed by atoms with Crippen molar-refractivity contribution in [2.45, 2.75) is 26.4 Å². The van der Waals surface area contributed by atoms with Gasteiger partial charge >= 0.3 is 0 Å². The molecule has 0 radical (unpaired) electrons. The summed E-state index contributed by atoms with van der Waals surface area (Å²) in [5.74, 6) is 1.50. The van der Waals surface area contributed by atoms with Crippen molar-refractivity contribution in [3.8, 4) is 5.75 Å². The van der Waals surface area contributed by atoms with Crippen LogP contribution >= 0.6 is 0 Å². The lowest BCUT2D eigenvalue weighted by Gasteiger charge is -2.12. The van der Waals surface area contributed by atoms with Gasteiger partial charge in [-0.1, -0.05) is 18.2 Å². The lowest BCUT2D eigenvalue weighted by atomic mass is 10.1. The van der Waals surface area contributed by atoms with Crippen molar-refractivity contribution in [1.29, 1.82) is 0 Å². The Bertz CT molecular complexity index is 345. The SMILES string of the molecule is Cc1cccc(CO)c1OCOCC1CC1.